The second-order valence-electron chi connectivity index (χ2n) is 6.35. The highest BCUT2D eigenvalue weighted by molar-refractivity contribution is 7.99. The molecule has 2 heterocycles. The van der Waals surface area contributed by atoms with Crippen molar-refractivity contribution in [1.82, 2.24) is 19.3 Å². The number of amides is 1. The van der Waals surface area contributed by atoms with Crippen molar-refractivity contribution in [2.24, 2.45) is 7.05 Å². The fraction of sp³-hybridized carbons (Fsp3) is 0.286. The zero-order valence-corrected chi connectivity index (χ0v) is 17.5. The molecular formula is C21H25N5O2S. The number of rotatable bonds is 10. The van der Waals surface area contributed by atoms with Crippen LogP contribution < -0.4 is 10.1 Å². The van der Waals surface area contributed by atoms with E-state index in [0.717, 1.165) is 11.5 Å². The number of aromatic nitrogens is 4. The van der Waals surface area contributed by atoms with Crippen LogP contribution in [0.25, 0.3) is 0 Å². The number of allylic oxidation sites excluding steroid dienone is 1. The quantitative estimate of drug-likeness (QED) is 0.408. The van der Waals surface area contributed by atoms with Gasteiger partial charge in [0.05, 0.1) is 18.0 Å². The van der Waals surface area contributed by atoms with Crippen LogP contribution in [0.1, 0.15) is 18.4 Å². The molecule has 0 aliphatic rings. The van der Waals surface area contributed by atoms with Gasteiger partial charge in [0.15, 0.2) is 5.16 Å². The van der Waals surface area contributed by atoms with E-state index in [1.54, 1.807) is 6.08 Å². The van der Waals surface area contributed by atoms with E-state index in [9.17, 15) is 4.79 Å². The highest BCUT2D eigenvalue weighted by Gasteiger charge is 2.15. The highest BCUT2D eigenvalue weighted by Crippen LogP contribution is 2.25. The molecule has 0 bridgehead atoms. The lowest BCUT2D eigenvalue weighted by atomic mass is 10.3. The van der Waals surface area contributed by atoms with Crippen molar-refractivity contribution in [2.45, 2.75) is 25.0 Å². The molecule has 2 aromatic heterocycles. The van der Waals surface area contributed by atoms with Crippen LogP contribution in [0.2, 0.25) is 0 Å². The number of carbonyl (C=O) groups excluding carboxylic acids is 1. The minimum atomic E-state index is -0.126. The van der Waals surface area contributed by atoms with E-state index in [1.807, 2.05) is 55.1 Å². The van der Waals surface area contributed by atoms with Crippen LogP contribution in [-0.2, 0) is 24.8 Å². The molecule has 0 saturated carbocycles. The first kappa shape index (κ1) is 20.7. The van der Waals surface area contributed by atoms with Crippen molar-refractivity contribution in [2.75, 3.05) is 17.7 Å². The SMILES string of the molecule is C=CCn1c(Cc2cccn2C)nnc1SCC(=O)Nc1ccccc1OCC. The number of hydrogen-bond donors (Lipinski definition) is 1. The Morgan fingerprint density at radius 3 is 2.83 bits per heavy atom. The predicted molar refractivity (Wildman–Crippen MR) is 115 cm³/mol. The number of anilines is 1. The first-order valence-corrected chi connectivity index (χ1v) is 10.4. The van der Waals surface area contributed by atoms with Crippen molar-refractivity contribution in [1.29, 1.82) is 0 Å². The predicted octanol–water partition coefficient (Wildman–Crippen LogP) is 3.52. The van der Waals surface area contributed by atoms with Crippen LogP contribution in [0.4, 0.5) is 5.69 Å². The summed E-state index contributed by atoms with van der Waals surface area (Å²) in [6.07, 6.45) is 4.47. The van der Waals surface area contributed by atoms with Gasteiger partial charge in [-0.2, -0.15) is 0 Å². The third-order valence-electron chi connectivity index (χ3n) is 4.29. The maximum Gasteiger partial charge on any atom is 0.234 e. The standard InChI is InChI=1S/C21H25N5O2S/c1-4-12-26-19(14-16-9-8-13-25(16)3)23-24-21(26)29-15-20(27)22-17-10-6-7-11-18(17)28-5-2/h4,6-11,13H,1,5,12,14-15H2,2-3H3,(H,22,27). The average molecular weight is 412 g/mol. The van der Waals surface area contributed by atoms with Crippen LogP contribution in [-0.4, -0.2) is 37.6 Å². The Kier molecular flexibility index (Phi) is 7.13. The van der Waals surface area contributed by atoms with Crippen LogP contribution in [0.15, 0.2) is 60.4 Å². The number of para-hydroxylation sites is 2. The first-order valence-electron chi connectivity index (χ1n) is 9.40. The van der Waals surface area contributed by atoms with E-state index < -0.39 is 0 Å². The van der Waals surface area contributed by atoms with Crippen LogP contribution in [0.5, 0.6) is 5.75 Å². The lowest BCUT2D eigenvalue weighted by Crippen LogP contribution is -2.15. The molecule has 29 heavy (non-hydrogen) atoms. The van der Waals surface area contributed by atoms with E-state index in [2.05, 4.69) is 32.7 Å². The van der Waals surface area contributed by atoms with Gasteiger partial charge < -0.3 is 19.2 Å². The Balaban J connectivity index is 1.66. The third-order valence-corrected chi connectivity index (χ3v) is 5.26. The Morgan fingerprint density at radius 1 is 1.28 bits per heavy atom. The molecule has 0 aliphatic carbocycles. The van der Waals surface area contributed by atoms with E-state index >= 15 is 0 Å². The number of ether oxygens (including phenoxy) is 1. The number of nitrogens with one attached hydrogen (secondary N) is 1. The van der Waals surface area contributed by atoms with Crippen LogP contribution >= 0.6 is 11.8 Å². The molecule has 1 amide bonds. The average Bonchev–Trinajstić information content (AvgIpc) is 3.29. The number of hydrogen-bond acceptors (Lipinski definition) is 5. The van der Waals surface area contributed by atoms with Gasteiger partial charge in [-0.25, -0.2) is 0 Å². The summed E-state index contributed by atoms with van der Waals surface area (Å²) >= 11 is 1.35. The van der Waals surface area contributed by atoms with Gasteiger partial charge in [-0.3, -0.25) is 4.79 Å². The molecular weight excluding hydrogens is 386 g/mol. The number of thioether (sulfide) groups is 1. The number of carbonyl (C=O) groups is 1. The third kappa shape index (κ3) is 5.29. The second-order valence-corrected chi connectivity index (χ2v) is 7.29. The van der Waals surface area contributed by atoms with Gasteiger partial charge in [-0.15, -0.1) is 16.8 Å². The summed E-state index contributed by atoms with van der Waals surface area (Å²) in [5, 5.41) is 12.2. The minimum Gasteiger partial charge on any atom is -0.492 e. The molecule has 0 spiro atoms. The lowest BCUT2D eigenvalue weighted by Gasteiger charge is -2.11. The molecule has 0 atom stereocenters. The molecule has 3 rings (SSSR count). The zero-order chi connectivity index (χ0) is 20.6. The van der Waals surface area contributed by atoms with Crippen LogP contribution in [0.3, 0.4) is 0 Å². The Morgan fingerprint density at radius 2 is 2.10 bits per heavy atom. The van der Waals surface area contributed by atoms with Gasteiger partial charge >= 0.3 is 0 Å². The molecule has 0 unspecified atom stereocenters. The maximum atomic E-state index is 12.5. The van der Waals surface area contributed by atoms with Crippen molar-refractivity contribution < 1.29 is 9.53 Å². The largest absolute Gasteiger partial charge is 0.492 e. The minimum absolute atomic E-state index is 0.126. The number of aryl methyl sites for hydroxylation is 1. The molecule has 1 aromatic carbocycles. The molecule has 0 aliphatic heterocycles. The fourth-order valence-electron chi connectivity index (χ4n) is 2.88. The summed E-state index contributed by atoms with van der Waals surface area (Å²) in [5.41, 5.74) is 1.81. The van der Waals surface area contributed by atoms with E-state index in [-0.39, 0.29) is 11.7 Å². The normalized spacial score (nSPS) is 10.7. The molecule has 0 fully saturated rings. The topological polar surface area (TPSA) is 74.0 Å². The summed E-state index contributed by atoms with van der Waals surface area (Å²) in [4.78, 5) is 12.5. The van der Waals surface area contributed by atoms with Crippen molar-refractivity contribution in [3.05, 3.63) is 66.8 Å². The molecule has 0 saturated heterocycles. The van der Waals surface area contributed by atoms with Crippen LogP contribution in [0, 0.1) is 0 Å². The van der Waals surface area contributed by atoms with Gasteiger partial charge in [0.25, 0.3) is 0 Å². The molecule has 7 nitrogen and oxygen atoms in total. The molecule has 3 aromatic rings. The van der Waals surface area contributed by atoms with Crippen molar-refractivity contribution in [3.8, 4) is 5.75 Å². The van der Waals surface area contributed by atoms with E-state index in [1.165, 1.54) is 11.8 Å². The summed E-state index contributed by atoms with van der Waals surface area (Å²) in [5.74, 6) is 1.60. The fourth-order valence-corrected chi connectivity index (χ4v) is 3.65. The lowest BCUT2D eigenvalue weighted by molar-refractivity contribution is -0.113. The van der Waals surface area contributed by atoms with Gasteiger partial charge in [0, 0.05) is 31.9 Å². The molecule has 0 radical (unpaired) electrons. The zero-order valence-electron chi connectivity index (χ0n) is 16.7. The first-order chi connectivity index (χ1) is 14.1. The summed E-state index contributed by atoms with van der Waals surface area (Å²) < 4.78 is 9.60. The second kappa shape index (κ2) is 9.97. The number of nitrogens with zero attached hydrogens (tertiary/aromatic N) is 4. The maximum absolute atomic E-state index is 12.5. The summed E-state index contributed by atoms with van der Waals surface area (Å²) in [6.45, 7) is 6.86. The van der Waals surface area contributed by atoms with Crippen molar-refractivity contribution >= 4 is 23.4 Å². The van der Waals surface area contributed by atoms with Crippen molar-refractivity contribution in [3.63, 3.8) is 0 Å². The monoisotopic (exact) mass is 411 g/mol. The molecule has 8 heteroatoms. The van der Waals surface area contributed by atoms with Gasteiger partial charge in [0.2, 0.25) is 5.91 Å². The van der Waals surface area contributed by atoms with Gasteiger partial charge in [-0.05, 0) is 31.2 Å². The smallest absolute Gasteiger partial charge is 0.234 e. The Labute approximate surface area is 174 Å². The summed E-state index contributed by atoms with van der Waals surface area (Å²) in [7, 11) is 2.00. The Bertz CT molecular complexity index is 979. The number of benzene rings is 1. The van der Waals surface area contributed by atoms with Gasteiger partial charge in [0.1, 0.15) is 11.6 Å². The Hall–Kier alpha value is -3.00. The van der Waals surface area contributed by atoms with Gasteiger partial charge in [-0.1, -0.05) is 30.0 Å². The highest BCUT2D eigenvalue weighted by atomic mass is 32.2. The van der Waals surface area contributed by atoms with E-state index in [4.69, 9.17) is 4.74 Å². The molecule has 152 valence electrons. The summed E-state index contributed by atoms with van der Waals surface area (Å²) in [6, 6.07) is 11.5. The molecule has 1 N–H and O–H groups in total. The van der Waals surface area contributed by atoms with E-state index in [0.29, 0.717) is 36.2 Å².